The molecule has 6 nitrogen and oxygen atoms in total. The first-order valence-corrected chi connectivity index (χ1v) is 7.30. The van der Waals surface area contributed by atoms with E-state index in [0.29, 0.717) is 12.2 Å². The SMILES string of the molecule is O=C(c1ccc(Br)cn1)N1CCC[C@H]1Cn1ccnn1. The van der Waals surface area contributed by atoms with Crippen molar-refractivity contribution in [3.8, 4) is 0 Å². The molecule has 1 aliphatic rings. The largest absolute Gasteiger partial charge is 0.332 e. The van der Waals surface area contributed by atoms with Crippen LogP contribution in [-0.4, -0.2) is 43.4 Å². The second-order valence-electron chi connectivity index (χ2n) is 4.78. The first-order valence-electron chi connectivity index (χ1n) is 6.50. The number of rotatable bonds is 3. The molecule has 1 atom stereocenters. The monoisotopic (exact) mass is 335 g/mol. The van der Waals surface area contributed by atoms with E-state index in [2.05, 4.69) is 31.2 Å². The van der Waals surface area contributed by atoms with Gasteiger partial charge in [-0.15, -0.1) is 5.10 Å². The Kier molecular flexibility index (Phi) is 3.77. The number of halogens is 1. The number of pyridine rings is 1. The number of aromatic nitrogens is 4. The molecule has 1 saturated heterocycles. The van der Waals surface area contributed by atoms with E-state index < -0.39 is 0 Å². The topological polar surface area (TPSA) is 63.9 Å². The Bertz CT molecular complexity index is 583. The smallest absolute Gasteiger partial charge is 0.272 e. The van der Waals surface area contributed by atoms with E-state index in [1.54, 1.807) is 23.1 Å². The molecule has 2 aromatic rings. The minimum absolute atomic E-state index is 0.0138. The van der Waals surface area contributed by atoms with Crippen LogP contribution in [0.3, 0.4) is 0 Å². The Hall–Kier alpha value is -1.76. The second-order valence-corrected chi connectivity index (χ2v) is 5.70. The van der Waals surface area contributed by atoms with Crippen molar-refractivity contribution < 1.29 is 4.79 Å². The van der Waals surface area contributed by atoms with Crippen LogP contribution in [0.25, 0.3) is 0 Å². The lowest BCUT2D eigenvalue weighted by Crippen LogP contribution is -2.38. The van der Waals surface area contributed by atoms with Gasteiger partial charge in [0.25, 0.3) is 5.91 Å². The van der Waals surface area contributed by atoms with Crippen molar-refractivity contribution in [2.24, 2.45) is 0 Å². The van der Waals surface area contributed by atoms with E-state index in [4.69, 9.17) is 0 Å². The second kappa shape index (κ2) is 5.70. The Balaban J connectivity index is 1.74. The summed E-state index contributed by atoms with van der Waals surface area (Å²) < 4.78 is 2.64. The lowest BCUT2D eigenvalue weighted by atomic mass is 10.2. The van der Waals surface area contributed by atoms with Gasteiger partial charge in [0.1, 0.15) is 5.69 Å². The molecule has 0 spiro atoms. The van der Waals surface area contributed by atoms with Gasteiger partial charge >= 0.3 is 0 Å². The minimum Gasteiger partial charge on any atom is -0.332 e. The Morgan fingerprint density at radius 1 is 1.45 bits per heavy atom. The highest BCUT2D eigenvalue weighted by molar-refractivity contribution is 9.10. The van der Waals surface area contributed by atoms with Crippen molar-refractivity contribution in [3.05, 3.63) is 40.9 Å². The van der Waals surface area contributed by atoms with Crippen LogP contribution in [0, 0.1) is 0 Å². The van der Waals surface area contributed by atoms with Crippen molar-refractivity contribution >= 4 is 21.8 Å². The summed E-state index contributed by atoms with van der Waals surface area (Å²) in [6, 6.07) is 3.75. The van der Waals surface area contributed by atoms with Gasteiger partial charge in [-0.3, -0.25) is 9.48 Å². The fourth-order valence-corrected chi connectivity index (χ4v) is 2.72. The molecule has 7 heteroatoms. The number of hydrogen-bond donors (Lipinski definition) is 0. The van der Waals surface area contributed by atoms with Crippen molar-refractivity contribution in [1.29, 1.82) is 0 Å². The minimum atomic E-state index is -0.0138. The van der Waals surface area contributed by atoms with Crippen molar-refractivity contribution in [1.82, 2.24) is 24.9 Å². The lowest BCUT2D eigenvalue weighted by Gasteiger charge is -2.24. The van der Waals surface area contributed by atoms with Crippen LogP contribution in [0.15, 0.2) is 35.2 Å². The molecule has 0 saturated carbocycles. The Morgan fingerprint density at radius 2 is 2.35 bits per heavy atom. The first kappa shape index (κ1) is 13.2. The van der Waals surface area contributed by atoms with Crippen molar-refractivity contribution in [2.75, 3.05) is 6.54 Å². The number of carbonyl (C=O) groups is 1. The predicted octanol–water partition coefficient (Wildman–Crippen LogP) is 1.74. The zero-order valence-corrected chi connectivity index (χ0v) is 12.4. The summed E-state index contributed by atoms with van der Waals surface area (Å²) in [5.74, 6) is -0.0138. The molecule has 2 aromatic heterocycles. The fraction of sp³-hybridized carbons (Fsp3) is 0.385. The van der Waals surface area contributed by atoms with Crippen LogP contribution in [0.5, 0.6) is 0 Å². The summed E-state index contributed by atoms with van der Waals surface area (Å²) in [4.78, 5) is 18.6. The molecular weight excluding hydrogens is 322 g/mol. The highest BCUT2D eigenvalue weighted by Crippen LogP contribution is 2.21. The van der Waals surface area contributed by atoms with Gasteiger partial charge in [0.2, 0.25) is 0 Å². The third-order valence-corrected chi connectivity index (χ3v) is 3.92. The van der Waals surface area contributed by atoms with Crippen LogP contribution < -0.4 is 0 Å². The van der Waals surface area contributed by atoms with Crippen molar-refractivity contribution in [3.63, 3.8) is 0 Å². The van der Waals surface area contributed by atoms with Gasteiger partial charge in [-0.05, 0) is 40.9 Å². The Morgan fingerprint density at radius 3 is 3.05 bits per heavy atom. The number of nitrogens with zero attached hydrogens (tertiary/aromatic N) is 5. The molecular formula is C13H14BrN5O. The van der Waals surface area contributed by atoms with E-state index in [-0.39, 0.29) is 11.9 Å². The molecule has 3 rings (SSSR count). The maximum Gasteiger partial charge on any atom is 0.272 e. The molecule has 0 radical (unpaired) electrons. The maximum atomic E-state index is 12.5. The zero-order chi connectivity index (χ0) is 13.9. The molecule has 0 bridgehead atoms. The summed E-state index contributed by atoms with van der Waals surface area (Å²) in [5.41, 5.74) is 0.485. The van der Waals surface area contributed by atoms with Crippen LogP contribution in [0.2, 0.25) is 0 Å². The average molecular weight is 336 g/mol. The molecule has 104 valence electrons. The van der Waals surface area contributed by atoms with Crippen LogP contribution >= 0.6 is 15.9 Å². The summed E-state index contributed by atoms with van der Waals surface area (Å²) in [7, 11) is 0. The maximum absolute atomic E-state index is 12.5. The van der Waals surface area contributed by atoms with E-state index in [9.17, 15) is 4.79 Å². The number of carbonyl (C=O) groups excluding carboxylic acids is 1. The van der Waals surface area contributed by atoms with Crippen LogP contribution in [0.1, 0.15) is 23.3 Å². The summed E-state index contributed by atoms with van der Waals surface area (Å²) in [5, 5.41) is 7.76. The summed E-state index contributed by atoms with van der Waals surface area (Å²) in [6.45, 7) is 1.46. The average Bonchev–Trinajstić information content (AvgIpc) is 3.11. The first-order chi connectivity index (χ1) is 9.74. The highest BCUT2D eigenvalue weighted by Gasteiger charge is 2.30. The number of likely N-dealkylation sites (tertiary alicyclic amines) is 1. The standard InChI is InChI=1S/C13H14BrN5O/c14-10-3-4-12(15-8-10)13(20)19-6-1-2-11(19)9-18-7-5-16-17-18/h3-5,7-8,11H,1-2,6,9H2/t11-/m0/s1. The van der Waals surface area contributed by atoms with Gasteiger partial charge < -0.3 is 4.90 Å². The normalized spacial score (nSPS) is 18.4. The van der Waals surface area contributed by atoms with Gasteiger partial charge in [-0.2, -0.15) is 0 Å². The van der Waals surface area contributed by atoms with E-state index >= 15 is 0 Å². The predicted molar refractivity (Wildman–Crippen MR) is 76.0 cm³/mol. The molecule has 0 unspecified atom stereocenters. The van der Waals surface area contributed by atoms with Gasteiger partial charge in [0.05, 0.1) is 18.8 Å². The van der Waals surface area contributed by atoms with E-state index in [1.807, 2.05) is 17.2 Å². The lowest BCUT2D eigenvalue weighted by molar-refractivity contribution is 0.0715. The molecule has 20 heavy (non-hydrogen) atoms. The third-order valence-electron chi connectivity index (χ3n) is 3.45. The fourth-order valence-electron chi connectivity index (χ4n) is 2.49. The highest BCUT2D eigenvalue weighted by atomic mass is 79.9. The number of hydrogen-bond acceptors (Lipinski definition) is 4. The van der Waals surface area contributed by atoms with Gasteiger partial charge in [-0.1, -0.05) is 5.21 Å². The van der Waals surface area contributed by atoms with Crippen LogP contribution in [0.4, 0.5) is 0 Å². The van der Waals surface area contributed by atoms with Crippen molar-refractivity contribution in [2.45, 2.75) is 25.4 Å². The van der Waals surface area contributed by atoms with E-state index in [1.165, 1.54) is 0 Å². The molecule has 1 fully saturated rings. The third kappa shape index (κ3) is 2.72. The van der Waals surface area contributed by atoms with Gasteiger partial charge in [0.15, 0.2) is 0 Å². The molecule has 1 amide bonds. The molecule has 3 heterocycles. The van der Waals surface area contributed by atoms with Crippen LogP contribution in [-0.2, 0) is 6.54 Å². The van der Waals surface area contributed by atoms with Gasteiger partial charge in [0, 0.05) is 23.4 Å². The Labute approximate surface area is 124 Å². The van der Waals surface area contributed by atoms with Gasteiger partial charge in [-0.25, -0.2) is 4.98 Å². The molecule has 0 aliphatic carbocycles. The quantitative estimate of drug-likeness (QED) is 0.857. The summed E-state index contributed by atoms with van der Waals surface area (Å²) in [6.07, 6.45) is 7.12. The molecule has 1 aliphatic heterocycles. The molecule has 0 aromatic carbocycles. The number of amides is 1. The molecule has 0 N–H and O–H groups in total. The zero-order valence-electron chi connectivity index (χ0n) is 10.8. The van der Waals surface area contributed by atoms with E-state index in [0.717, 1.165) is 23.9 Å². The summed E-state index contributed by atoms with van der Waals surface area (Å²) >= 11 is 3.32.